The molecule has 0 radical (unpaired) electrons. The first-order chi connectivity index (χ1) is 17.8. The molecule has 0 saturated heterocycles. The molecule has 0 unspecified atom stereocenters. The summed E-state index contributed by atoms with van der Waals surface area (Å²) < 4.78 is 17.7. The summed E-state index contributed by atoms with van der Waals surface area (Å²) in [6.07, 6.45) is 5.40. The molecule has 37 heavy (non-hydrogen) atoms. The Hall–Kier alpha value is -4.24. The first-order valence-corrected chi connectivity index (χ1v) is 12.4. The molecular formula is C28H26N2O6S. The van der Waals surface area contributed by atoms with Crippen molar-refractivity contribution in [1.82, 2.24) is 4.57 Å². The Morgan fingerprint density at radius 1 is 1.11 bits per heavy atom. The van der Waals surface area contributed by atoms with Gasteiger partial charge in [0.2, 0.25) is 0 Å². The van der Waals surface area contributed by atoms with Crippen LogP contribution in [0.2, 0.25) is 0 Å². The number of rotatable bonds is 7. The van der Waals surface area contributed by atoms with Crippen LogP contribution in [0.4, 0.5) is 0 Å². The van der Waals surface area contributed by atoms with Crippen LogP contribution in [0.5, 0.6) is 11.5 Å². The lowest BCUT2D eigenvalue weighted by molar-refractivity contribution is -0.139. The van der Waals surface area contributed by atoms with Gasteiger partial charge in [0.1, 0.15) is 0 Å². The van der Waals surface area contributed by atoms with E-state index in [1.54, 1.807) is 38.1 Å². The molecule has 0 aliphatic carbocycles. The maximum absolute atomic E-state index is 13.6. The molecule has 0 bridgehead atoms. The lowest BCUT2D eigenvalue weighted by atomic mass is 10.0. The molecule has 0 fully saturated rings. The molecule has 9 heteroatoms. The highest BCUT2D eigenvalue weighted by molar-refractivity contribution is 7.07. The minimum atomic E-state index is -0.682. The maximum atomic E-state index is 13.6. The van der Waals surface area contributed by atoms with Gasteiger partial charge in [-0.1, -0.05) is 59.9 Å². The number of esters is 2. The van der Waals surface area contributed by atoms with E-state index < -0.39 is 18.0 Å². The lowest BCUT2D eigenvalue weighted by Gasteiger charge is -2.21. The molecule has 1 aromatic heterocycles. The third kappa shape index (κ3) is 5.62. The molecule has 4 rings (SSSR count). The molecule has 2 heterocycles. The molecule has 2 aromatic carbocycles. The molecule has 0 N–H and O–H groups in total. The van der Waals surface area contributed by atoms with Crippen molar-refractivity contribution >= 4 is 35.4 Å². The topological polar surface area (TPSA) is 96.2 Å². The van der Waals surface area contributed by atoms with Gasteiger partial charge in [0.05, 0.1) is 35.6 Å². The van der Waals surface area contributed by atoms with E-state index in [1.807, 2.05) is 42.5 Å². The Labute approximate surface area is 217 Å². The summed E-state index contributed by atoms with van der Waals surface area (Å²) in [5.74, 6) is -0.322. The Morgan fingerprint density at radius 3 is 2.54 bits per heavy atom. The summed E-state index contributed by atoms with van der Waals surface area (Å²) in [7, 11) is 1.47. The van der Waals surface area contributed by atoms with Gasteiger partial charge in [0, 0.05) is 6.92 Å². The second-order valence-electron chi connectivity index (χ2n) is 8.12. The Bertz CT molecular complexity index is 1580. The molecular weight excluding hydrogens is 492 g/mol. The SMILES string of the molecule is CCOC(=O)C1=C(C)N=c2sc(=Cc3ccc(OC(C)=O)c(OC)c3)c(=O)n2[C@@H]1/C=C\c1ccccc1. The van der Waals surface area contributed by atoms with Crippen molar-refractivity contribution in [3.8, 4) is 11.5 Å². The zero-order chi connectivity index (χ0) is 26.5. The van der Waals surface area contributed by atoms with Crippen LogP contribution in [0.3, 0.4) is 0 Å². The van der Waals surface area contributed by atoms with Gasteiger partial charge in [-0.2, -0.15) is 0 Å². The first-order valence-electron chi connectivity index (χ1n) is 11.6. The summed E-state index contributed by atoms with van der Waals surface area (Å²) >= 11 is 1.22. The molecule has 1 aliphatic heterocycles. The van der Waals surface area contributed by atoms with Gasteiger partial charge in [0.15, 0.2) is 16.3 Å². The standard InChI is InChI=1S/C28H26N2O6S/c1-5-35-27(33)25-17(2)29-28-30(21(25)13-11-19-9-7-6-8-10-19)26(32)24(37-28)16-20-12-14-22(36-18(3)31)23(15-20)34-4/h6-16,21H,5H2,1-4H3/b13-11-,24-16?/t21-/m1/s1. The maximum Gasteiger partial charge on any atom is 0.338 e. The van der Waals surface area contributed by atoms with E-state index in [9.17, 15) is 14.4 Å². The van der Waals surface area contributed by atoms with Gasteiger partial charge in [-0.15, -0.1) is 0 Å². The molecule has 8 nitrogen and oxygen atoms in total. The predicted octanol–water partition coefficient (Wildman–Crippen LogP) is 3.40. The van der Waals surface area contributed by atoms with Crippen molar-refractivity contribution in [2.24, 2.45) is 4.99 Å². The van der Waals surface area contributed by atoms with Crippen molar-refractivity contribution in [2.75, 3.05) is 13.7 Å². The largest absolute Gasteiger partial charge is 0.493 e. The number of hydrogen-bond acceptors (Lipinski definition) is 8. The molecule has 0 amide bonds. The first kappa shape index (κ1) is 25.8. The highest BCUT2D eigenvalue weighted by atomic mass is 32.1. The fourth-order valence-corrected chi connectivity index (χ4v) is 5.00. The molecule has 1 aliphatic rings. The van der Waals surface area contributed by atoms with Crippen LogP contribution < -0.4 is 24.4 Å². The van der Waals surface area contributed by atoms with E-state index in [4.69, 9.17) is 14.2 Å². The van der Waals surface area contributed by atoms with Gasteiger partial charge in [-0.05, 0) is 43.2 Å². The number of hydrogen-bond donors (Lipinski definition) is 0. The molecule has 0 spiro atoms. The van der Waals surface area contributed by atoms with E-state index in [2.05, 4.69) is 4.99 Å². The summed E-state index contributed by atoms with van der Waals surface area (Å²) in [6, 6.07) is 14.0. The van der Waals surface area contributed by atoms with E-state index in [0.717, 1.165) is 5.56 Å². The van der Waals surface area contributed by atoms with Gasteiger partial charge in [-0.25, -0.2) is 9.79 Å². The number of carbonyl (C=O) groups excluding carboxylic acids is 2. The average Bonchev–Trinajstić information content (AvgIpc) is 3.17. The van der Waals surface area contributed by atoms with Crippen LogP contribution >= 0.6 is 11.3 Å². The molecule has 1 atom stereocenters. The third-order valence-electron chi connectivity index (χ3n) is 5.57. The highest BCUT2D eigenvalue weighted by Gasteiger charge is 2.30. The van der Waals surface area contributed by atoms with Crippen LogP contribution in [0.1, 0.15) is 37.9 Å². The monoisotopic (exact) mass is 518 g/mol. The van der Waals surface area contributed by atoms with E-state index >= 15 is 0 Å². The quantitative estimate of drug-likeness (QED) is 0.351. The van der Waals surface area contributed by atoms with Gasteiger partial charge < -0.3 is 14.2 Å². The Morgan fingerprint density at radius 2 is 1.86 bits per heavy atom. The van der Waals surface area contributed by atoms with Crippen LogP contribution in [0, 0.1) is 0 Å². The molecule has 3 aromatic rings. The summed E-state index contributed by atoms with van der Waals surface area (Å²) in [4.78, 5) is 42.9. The van der Waals surface area contributed by atoms with Gasteiger partial charge in [0.25, 0.3) is 5.56 Å². The predicted molar refractivity (Wildman–Crippen MR) is 141 cm³/mol. The van der Waals surface area contributed by atoms with Crippen molar-refractivity contribution in [2.45, 2.75) is 26.8 Å². The molecule has 0 saturated carbocycles. The smallest absolute Gasteiger partial charge is 0.338 e. The number of aromatic nitrogens is 1. The van der Waals surface area contributed by atoms with Crippen LogP contribution in [-0.2, 0) is 14.3 Å². The minimum absolute atomic E-state index is 0.209. The third-order valence-corrected chi connectivity index (χ3v) is 6.55. The van der Waals surface area contributed by atoms with E-state index in [0.29, 0.717) is 31.9 Å². The van der Waals surface area contributed by atoms with Crippen LogP contribution in [0.25, 0.3) is 12.2 Å². The van der Waals surface area contributed by atoms with E-state index in [-0.39, 0.29) is 17.9 Å². The fourth-order valence-electron chi connectivity index (χ4n) is 3.95. The number of ether oxygens (including phenoxy) is 3. The van der Waals surface area contributed by atoms with Crippen molar-refractivity contribution in [3.63, 3.8) is 0 Å². The fraction of sp³-hybridized carbons (Fsp3) is 0.214. The summed E-state index contributed by atoms with van der Waals surface area (Å²) in [5.41, 5.74) is 2.14. The second-order valence-corrected chi connectivity index (χ2v) is 9.13. The Balaban J connectivity index is 1.83. The number of thiazole rings is 1. The normalized spacial score (nSPS) is 15.4. The van der Waals surface area contributed by atoms with Gasteiger partial charge in [-0.3, -0.25) is 14.2 Å². The second kappa shape index (κ2) is 11.2. The number of allylic oxidation sites excluding steroid dienone is 2. The highest BCUT2D eigenvalue weighted by Crippen LogP contribution is 2.29. The Kier molecular flexibility index (Phi) is 7.83. The molecule has 190 valence electrons. The van der Waals surface area contributed by atoms with Crippen molar-refractivity contribution in [3.05, 3.63) is 96.7 Å². The zero-order valence-electron chi connectivity index (χ0n) is 20.9. The number of methoxy groups -OCH3 is 1. The average molecular weight is 519 g/mol. The van der Waals surface area contributed by atoms with Gasteiger partial charge >= 0.3 is 11.9 Å². The number of fused-ring (bicyclic) bond motifs is 1. The number of nitrogens with zero attached hydrogens (tertiary/aromatic N) is 2. The van der Waals surface area contributed by atoms with E-state index in [1.165, 1.54) is 29.9 Å². The number of carbonyl (C=O) groups is 2. The lowest BCUT2D eigenvalue weighted by Crippen LogP contribution is -2.38. The van der Waals surface area contributed by atoms with Crippen LogP contribution in [-0.4, -0.2) is 30.2 Å². The minimum Gasteiger partial charge on any atom is -0.493 e. The number of benzene rings is 2. The summed E-state index contributed by atoms with van der Waals surface area (Å²) in [6.45, 7) is 4.99. The van der Waals surface area contributed by atoms with Crippen molar-refractivity contribution < 1.29 is 23.8 Å². The van der Waals surface area contributed by atoms with Crippen molar-refractivity contribution in [1.29, 1.82) is 0 Å². The summed E-state index contributed by atoms with van der Waals surface area (Å²) in [5, 5.41) is 0. The van der Waals surface area contributed by atoms with Crippen LogP contribution in [0.15, 0.2) is 75.7 Å². The zero-order valence-corrected chi connectivity index (χ0v) is 21.7.